The molecule has 1 aromatic rings. The lowest BCUT2D eigenvalue weighted by Crippen LogP contribution is -2.32. The summed E-state index contributed by atoms with van der Waals surface area (Å²) in [4.78, 5) is 29.5. The number of hydrogen-bond acceptors (Lipinski definition) is 3. The summed E-state index contributed by atoms with van der Waals surface area (Å²) in [6.07, 6.45) is 6.62. The predicted octanol–water partition coefficient (Wildman–Crippen LogP) is 1.60. The average Bonchev–Trinajstić information content (AvgIpc) is 3.05. The van der Waals surface area contributed by atoms with Crippen molar-refractivity contribution in [3.63, 3.8) is 0 Å². The number of likely N-dealkylation sites (tertiary alicyclic amines) is 1. The molecular weight excluding hydrogens is 258 g/mol. The predicted molar refractivity (Wildman–Crippen MR) is 71.0 cm³/mol. The van der Waals surface area contributed by atoms with Gasteiger partial charge in [0.05, 0.1) is 30.2 Å². The van der Waals surface area contributed by atoms with Gasteiger partial charge in [-0.15, -0.1) is 0 Å². The number of nitrogens with zero attached hydrogens (tertiary/aromatic N) is 3. The molecule has 1 aromatic heterocycles. The van der Waals surface area contributed by atoms with Crippen LogP contribution < -0.4 is 0 Å². The zero-order valence-corrected chi connectivity index (χ0v) is 11.5. The number of imidazole rings is 1. The lowest BCUT2D eigenvalue weighted by Gasteiger charge is -2.27. The first-order chi connectivity index (χ1) is 9.63. The smallest absolute Gasteiger partial charge is 0.309 e. The molecule has 0 bridgehead atoms. The van der Waals surface area contributed by atoms with Crippen LogP contribution in [0.5, 0.6) is 0 Å². The maximum Gasteiger partial charge on any atom is 0.309 e. The number of carbonyl (C=O) groups is 2. The van der Waals surface area contributed by atoms with Crippen LogP contribution in [0.25, 0.3) is 0 Å². The van der Waals surface area contributed by atoms with Crippen LogP contribution in [-0.4, -0.2) is 38.0 Å². The lowest BCUT2D eigenvalue weighted by molar-refractivity contribution is -0.142. The Morgan fingerprint density at radius 1 is 1.50 bits per heavy atom. The van der Waals surface area contributed by atoms with E-state index in [0.29, 0.717) is 12.6 Å². The highest BCUT2D eigenvalue weighted by Gasteiger charge is 2.46. The SMILES string of the molecule is CCCN1C(=O)CC(C(=O)O)C1c1cncn1C1CC1. The fraction of sp³-hybridized carbons (Fsp3) is 0.643. The molecule has 1 aliphatic heterocycles. The normalized spacial score (nSPS) is 26.2. The molecule has 1 amide bonds. The van der Waals surface area contributed by atoms with Crippen molar-refractivity contribution in [2.45, 2.75) is 44.7 Å². The maximum atomic E-state index is 12.1. The van der Waals surface area contributed by atoms with E-state index in [0.717, 1.165) is 25.0 Å². The monoisotopic (exact) mass is 277 g/mol. The van der Waals surface area contributed by atoms with Gasteiger partial charge in [-0.25, -0.2) is 4.98 Å². The number of rotatable bonds is 5. The Morgan fingerprint density at radius 3 is 2.85 bits per heavy atom. The molecule has 20 heavy (non-hydrogen) atoms. The molecule has 2 aliphatic rings. The van der Waals surface area contributed by atoms with E-state index >= 15 is 0 Å². The summed E-state index contributed by atoms with van der Waals surface area (Å²) in [5.74, 6) is -1.62. The first-order valence-electron chi connectivity index (χ1n) is 7.17. The Morgan fingerprint density at radius 2 is 2.25 bits per heavy atom. The number of aromatic nitrogens is 2. The number of aliphatic carboxylic acids is 1. The summed E-state index contributed by atoms with van der Waals surface area (Å²) in [6.45, 7) is 2.60. The third-order valence-electron chi connectivity index (χ3n) is 4.15. The van der Waals surface area contributed by atoms with Crippen molar-refractivity contribution in [2.75, 3.05) is 6.54 Å². The van der Waals surface area contributed by atoms with Crippen molar-refractivity contribution in [1.82, 2.24) is 14.5 Å². The van der Waals surface area contributed by atoms with Crippen LogP contribution in [-0.2, 0) is 9.59 Å². The second-order valence-electron chi connectivity index (χ2n) is 5.64. The van der Waals surface area contributed by atoms with E-state index in [2.05, 4.69) is 9.55 Å². The molecule has 2 heterocycles. The number of carboxylic acids is 1. The van der Waals surface area contributed by atoms with E-state index in [9.17, 15) is 14.7 Å². The molecular formula is C14H19N3O3. The number of carboxylic acid groups (broad SMARTS) is 1. The van der Waals surface area contributed by atoms with Crippen LogP contribution in [0.3, 0.4) is 0 Å². The van der Waals surface area contributed by atoms with Crippen molar-refractivity contribution >= 4 is 11.9 Å². The topological polar surface area (TPSA) is 75.4 Å². The van der Waals surface area contributed by atoms with Crippen LogP contribution in [0.1, 0.15) is 50.4 Å². The quantitative estimate of drug-likeness (QED) is 0.887. The molecule has 1 N–H and O–H groups in total. The van der Waals surface area contributed by atoms with Crippen molar-refractivity contribution in [3.8, 4) is 0 Å². The molecule has 2 atom stereocenters. The Balaban J connectivity index is 1.98. The molecule has 0 aromatic carbocycles. The van der Waals surface area contributed by atoms with Gasteiger partial charge in [0.2, 0.25) is 5.91 Å². The second-order valence-corrected chi connectivity index (χ2v) is 5.64. The number of amides is 1. The van der Waals surface area contributed by atoms with E-state index in [1.165, 1.54) is 0 Å². The lowest BCUT2D eigenvalue weighted by atomic mass is 9.98. The van der Waals surface area contributed by atoms with Gasteiger partial charge in [-0.1, -0.05) is 6.92 Å². The first-order valence-corrected chi connectivity index (χ1v) is 7.17. The van der Waals surface area contributed by atoms with Gasteiger partial charge in [-0.2, -0.15) is 0 Å². The summed E-state index contributed by atoms with van der Waals surface area (Å²) in [5.41, 5.74) is 0.874. The van der Waals surface area contributed by atoms with Crippen LogP contribution in [0.2, 0.25) is 0 Å². The standard InChI is InChI=1S/C14H19N3O3/c1-2-5-16-12(18)6-10(14(19)20)13(16)11-7-15-8-17(11)9-3-4-9/h7-10,13H,2-6H2,1H3,(H,19,20). The summed E-state index contributed by atoms with van der Waals surface area (Å²) in [7, 11) is 0. The Kier molecular flexibility index (Phi) is 3.23. The molecule has 108 valence electrons. The Bertz CT molecular complexity index is 536. The van der Waals surface area contributed by atoms with Gasteiger partial charge >= 0.3 is 5.97 Å². The van der Waals surface area contributed by atoms with Crippen molar-refractivity contribution in [2.24, 2.45) is 5.92 Å². The fourth-order valence-corrected chi connectivity index (χ4v) is 3.08. The molecule has 2 fully saturated rings. The van der Waals surface area contributed by atoms with E-state index < -0.39 is 11.9 Å². The molecule has 6 nitrogen and oxygen atoms in total. The van der Waals surface area contributed by atoms with Crippen molar-refractivity contribution in [1.29, 1.82) is 0 Å². The highest BCUT2D eigenvalue weighted by Crippen LogP contribution is 2.43. The summed E-state index contributed by atoms with van der Waals surface area (Å²) in [6, 6.07) is 0.0594. The van der Waals surface area contributed by atoms with Crippen LogP contribution in [0.15, 0.2) is 12.5 Å². The molecule has 0 spiro atoms. The minimum absolute atomic E-state index is 0.0622. The largest absolute Gasteiger partial charge is 0.481 e. The van der Waals surface area contributed by atoms with E-state index in [-0.39, 0.29) is 18.4 Å². The van der Waals surface area contributed by atoms with E-state index in [1.807, 2.05) is 6.92 Å². The third-order valence-corrected chi connectivity index (χ3v) is 4.15. The van der Waals surface area contributed by atoms with Crippen molar-refractivity contribution < 1.29 is 14.7 Å². The zero-order valence-electron chi connectivity index (χ0n) is 11.5. The Labute approximate surface area is 117 Å². The number of carbonyl (C=O) groups excluding carboxylic acids is 1. The van der Waals surface area contributed by atoms with Crippen LogP contribution in [0.4, 0.5) is 0 Å². The molecule has 1 saturated carbocycles. The summed E-state index contributed by atoms with van der Waals surface area (Å²) >= 11 is 0. The highest BCUT2D eigenvalue weighted by molar-refractivity contribution is 5.87. The maximum absolute atomic E-state index is 12.1. The average molecular weight is 277 g/mol. The van der Waals surface area contributed by atoms with Crippen molar-refractivity contribution in [3.05, 3.63) is 18.2 Å². The minimum Gasteiger partial charge on any atom is -0.481 e. The third kappa shape index (κ3) is 2.09. The minimum atomic E-state index is -0.898. The van der Waals surface area contributed by atoms with Gasteiger partial charge in [-0.05, 0) is 19.3 Å². The van der Waals surface area contributed by atoms with Gasteiger partial charge in [0.15, 0.2) is 0 Å². The number of hydrogen-bond donors (Lipinski definition) is 1. The Hall–Kier alpha value is -1.85. The fourth-order valence-electron chi connectivity index (χ4n) is 3.08. The molecule has 1 aliphatic carbocycles. The molecule has 2 unspecified atom stereocenters. The molecule has 3 rings (SSSR count). The summed E-state index contributed by atoms with van der Waals surface area (Å²) in [5, 5.41) is 9.42. The van der Waals surface area contributed by atoms with E-state index in [1.54, 1.807) is 17.4 Å². The molecule has 0 radical (unpaired) electrons. The second kappa shape index (κ2) is 4.92. The highest BCUT2D eigenvalue weighted by atomic mass is 16.4. The van der Waals surface area contributed by atoms with Crippen LogP contribution in [0, 0.1) is 5.92 Å². The van der Waals surface area contributed by atoms with Gasteiger partial charge in [0.1, 0.15) is 0 Å². The summed E-state index contributed by atoms with van der Waals surface area (Å²) < 4.78 is 2.06. The van der Waals surface area contributed by atoms with Gasteiger partial charge in [-0.3, -0.25) is 9.59 Å². The van der Waals surface area contributed by atoms with Gasteiger partial charge in [0, 0.05) is 19.0 Å². The zero-order chi connectivity index (χ0) is 14.3. The van der Waals surface area contributed by atoms with Crippen LogP contribution >= 0.6 is 0 Å². The van der Waals surface area contributed by atoms with Gasteiger partial charge in [0.25, 0.3) is 0 Å². The molecule has 1 saturated heterocycles. The first kappa shape index (κ1) is 13.1. The van der Waals surface area contributed by atoms with Gasteiger partial charge < -0.3 is 14.6 Å². The molecule has 6 heteroatoms. The van der Waals surface area contributed by atoms with E-state index in [4.69, 9.17) is 0 Å².